The van der Waals surface area contributed by atoms with Crippen molar-refractivity contribution in [1.82, 2.24) is 10.2 Å². The zero-order valence-corrected chi connectivity index (χ0v) is 15.9. The Labute approximate surface area is 164 Å². The van der Waals surface area contributed by atoms with E-state index < -0.39 is 0 Å². The lowest BCUT2D eigenvalue weighted by Crippen LogP contribution is -2.44. The van der Waals surface area contributed by atoms with Gasteiger partial charge in [0.1, 0.15) is 0 Å². The van der Waals surface area contributed by atoms with E-state index in [1.165, 1.54) is 4.90 Å². The van der Waals surface area contributed by atoms with E-state index in [-0.39, 0.29) is 35.7 Å². The van der Waals surface area contributed by atoms with Crippen molar-refractivity contribution in [1.29, 1.82) is 0 Å². The molecule has 4 rings (SSSR count). The highest BCUT2D eigenvalue weighted by atomic mass is 16.2. The largest absolute Gasteiger partial charge is 0.349 e. The maximum Gasteiger partial charge on any atom is 0.261 e. The lowest BCUT2D eigenvalue weighted by molar-refractivity contribution is -0.126. The van der Waals surface area contributed by atoms with Crippen LogP contribution in [0.25, 0.3) is 0 Å². The Kier molecular flexibility index (Phi) is 4.99. The molecule has 1 aliphatic heterocycles. The number of fused-ring (bicyclic) bond motifs is 1. The van der Waals surface area contributed by atoms with Crippen molar-refractivity contribution >= 4 is 17.7 Å². The van der Waals surface area contributed by atoms with Crippen LogP contribution in [0.1, 0.15) is 64.9 Å². The maximum absolute atomic E-state index is 12.7. The molecule has 1 N–H and O–H groups in total. The molecule has 1 atom stereocenters. The van der Waals surface area contributed by atoms with E-state index >= 15 is 0 Å². The van der Waals surface area contributed by atoms with E-state index in [0.29, 0.717) is 36.8 Å². The summed E-state index contributed by atoms with van der Waals surface area (Å²) in [4.78, 5) is 39.4. The minimum absolute atomic E-state index is 0.0392. The first kappa shape index (κ1) is 18.4. The van der Waals surface area contributed by atoms with Gasteiger partial charge in [-0.3, -0.25) is 19.3 Å². The molecule has 1 fully saturated rings. The SMILES string of the molecule is C[C@@H](NC(=O)C1CCC(N2C(=O)c3ccccc3C2=O)CC1)c1ccccc1. The molecule has 1 aliphatic carbocycles. The van der Waals surface area contributed by atoms with Crippen LogP contribution in [0.2, 0.25) is 0 Å². The van der Waals surface area contributed by atoms with E-state index in [9.17, 15) is 14.4 Å². The van der Waals surface area contributed by atoms with Gasteiger partial charge < -0.3 is 5.32 Å². The third-order valence-corrected chi connectivity index (χ3v) is 5.92. The number of hydrogen-bond acceptors (Lipinski definition) is 3. The minimum Gasteiger partial charge on any atom is -0.349 e. The smallest absolute Gasteiger partial charge is 0.261 e. The first-order valence-corrected chi connectivity index (χ1v) is 9.88. The molecule has 5 nitrogen and oxygen atoms in total. The first-order chi connectivity index (χ1) is 13.6. The van der Waals surface area contributed by atoms with Crippen LogP contribution < -0.4 is 5.32 Å². The van der Waals surface area contributed by atoms with Crippen molar-refractivity contribution in [3.63, 3.8) is 0 Å². The van der Waals surface area contributed by atoms with Gasteiger partial charge in [-0.15, -0.1) is 0 Å². The number of rotatable bonds is 4. The predicted octanol–water partition coefficient (Wildman–Crippen LogP) is 3.72. The van der Waals surface area contributed by atoms with Crippen molar-refractivity contribution in [2.24, 2.45) is 5.92 Å². The van der Waals surface area contributed by atoms with Crippen LogP contribution in [0.4, 0.5) is 0 Å². The van der Waals surface area contributed by atoms with Gasteiger partial charge in [-0.25, -0.2) is 0 Å². The number of hydrogen-bond donors (Lipinski definition) is 1. The highest BCUT2D eigenvalue weighted by Gasteiger charge is 2.41. The first-order valence-electron chi connectivity index (χ1n) is 9.88. The fraction of sp³-hybridized carbons (Fsp3) is 0.348. The van der Waals surface area contributed by atoms with Gasteiger partial charge in [-0.2, -0.15) is 0 Å². The van der Waals surface area contributed by atoms with Crippen molar-refractivity contribution in [3.05, 3.63) is 71.3 Å². The third kappa shape index (κ3) is 3.33. The molecule has 0 unspecified atom stereocenters. The third-order valence-electron chi connectivity index (χ3n) is 5.92. The molecule has 2 aromatic carbocycles. The summed E-state index contributed by atoms with van der Waals surface area (Å²) in [7, 11) is 0. The van der Waals surface area contributed by atoms with Crippen LogP contribution >= 0.6 is 0 Å². The summed E-state index contributed by atoms with van der Waals surface area (Å²) >= 11 is 0. The van der Waals surface area contributed by atoms with Gasteiger partial charge in [0.05, 0.1) is 17.2 Å². The summed E-state index contributed by atoms with van der Waals surface area (Å²) in [6, 6.07) is 16.7. The number of benzene rings is 2. The summed E-state index contributed by atoms with van der Waals surface area (Å²) in [5.41, 5.74) is 2.06. The Hall–Kier alpha value is -2.95. The van der Waals surface area contributed by atoms with Crippen molar-refractivity contribution in [2.45, 2.75) is 44.7 Å². The number of nitrogens with zero attached hydrogens (tertiary/aromatic N) is 1. The average molecular weight is 376 g/mol. The van der Waals surface area contributed by atoms with Crippen LogP contribution in [0.5, 0.6) is 0 Å². The van der Waals surface area contributed by atoms with Crippen molar-refractivity contribution in [3.8, 4) is 0 Å². The molecule has 144 valence electrons. The molecule has 1 saturated carbocycles. The van der Waals surface area contributed by atoms with Gasteiger partial charge in [-0.1, -0.05) is 42.5 Å². The van der Waals surface area contributed by atoms with Gasteiger partial charge in [-0.05, 0) is 50.3 Å². The number of carbonyl (C=O) groups excluding carboxylic acids is 3. The molecule has 28 heavy (non-hydrogen) atoms. The van der Waals surface area contributed by atoms with Crippen molar-refractivity contribution < 1.29 is 14.4 Å². The van der Waals surface area contributed by atoms with Crippen LogP contribution in [-0.2, 0) is 4.79 Å². The Balaban J connectivity index is 1.36. The molecule has 0 aromatic heterocycles. The normalized spacial score (nSPS) is 22.7. The quantitative estimate of drug-likeness (QED) is 0.827. The molecular weight excluding hydrogens is 352 g/mol. The van der Waals surface area contributed by atoms with E-state index in [4.69, 9.17) is 0 Å². The lowest BCUT2D eigenvalue weighted by Gasteiger charge is -2.33. The standard InChI is InChI=1S/C23H24N2O3/c1-15(16-7-3-2-4-8-16)24-21(26)17-11-13-18(14-12-17)25-22(27)19-9-5-6-10-20(19)23(25)28/h2-10,15,17-18H,11-14H2,1H3,(H,24,26)/t15-,17?,18?/m1/s1. The Morgan fingerprint density at radius 3 is 2.00 bits per heavy atom. The number of imide groups is 1. The Morgan fingerprint density at radius 2 is 1.43 bits per heavy atom. The van der Waals surface area contributed by atoms with Gasteiger partial charge in [0.25, 0.3) is 11.8 Å². The van der Waals surface area contributed by atoms with Gasteiger partial charge in [0.2, 0.25) is 5.91 Å². The highest BCUT2D eigenvalue weighted by molar-refractivity contribution is 6.21. The topological polar surface area (TPSA) is 66.5 Å². The summed E-state index contributed by atoms with van der Waals surface area (Å²) in [5, 5.41) is 3.10. The molecule has 0 saturated heterocycles. The van der Waals surface area contributed by atoms with Crippen LogP contribution in [0.15, 0.2) is 54.6 Å². The molecule has 5 heteroatoms. The summed E-state index contributed by atoms with van der Waals surface area (Å²) < 4.78 is 0. The summed E-state index contributed by atoms with van der Waals surface area (Å²) in [6.07, 6.45) is 2.71. The summed E-state index contributed by atoms with van der Waals surface area (Å²) in [6.45, 7) is 1.98. The summed E-state index contributed by atoms with van der Waals surface area (Å²) in [5.74, 6) is -0.424. The second-order valence-corrected chi connectivity index (χ2v) is 7.67. The molecule has 0 spiro atoms. The fourth-order valence-corrected chi connectivity index (χ4v) is 4.29. The molecule has 3 amide bonds. The van der Waals surface area contributed by atoms with Gasteiger partial charge in [0, 0.05) is 12.0 Å². The van der Waals surface area contributed by atoms with E-state index in [1.807, 2.05) is 37.3 Å². The second-order valence-electron chi connectivity index (χ2n) is 7.67. The molecule has 0 radical (unpaired) electrons. The van der Waals surface area contributed by atoms with Crippen LogP contribution in [0.3, 0.4) is 0 Å². The van der Waals surface area contributed by atoms with Crippen molar-refractivity contribution in [2.75, 3.05) is 0 Å². The predicted molar refractivity (Wildman–Crippen MR) is 106 cm³/mol. The number of carbonyl (C=O) groups is 3. The Bertz CT molecular complexity index is 866. The zero-order chi connectivity index (χ0) is 19.7. The minimum atomic E-state index is -0.203. The Morgan fingerprint density at radius 1 is 0.893 bits per heavy atom. The molecule has 2 aliphatic rings. The highest BCUT2D eigenvalue weighted by Crippen LogP contribution is 2.33. The monoisotopic (exact) mass is 376 g/mol. The average Bonchev–Trinajstić information content (AvgIpc) is 2.99. The molecule has 2 aromatic rings. The maximum atomic E-state index is 12.7. The van der Waals surface area contributed by atoms with E-state index in [2.05, 4.69) is 5.32 Å². The zero-order valence-electron chi connectivity index (χ0n) is 15.9. The van der Waals surface area contributed by atoms with E-state index in [0.717, 1.165) is 5.56 Å². The lowest BCUT2D eigenvalue weighted by atomic mass is 9.84. The van der Waals surface area contributed by atoms with E-state index in [1.54, 1.807) is 24.3 Å². The molecule has 1 heterocycles. The van der Waals surface area contributed by atoms with Crippen LogP contribution in [0, 0.1) is 5.92 Å². The van der Waals surface area contributed by atoms with Crippen LogP contribution in [-0.4, -0.2) is 28.7 Å². The fourth-order valence-electron chi connectivity index (χ4n) is 4.29. The molecular formula is C23H24N2O3. The second kappa shape index (κ2) is 7.58. The van der Waals surface area contributed by atoms with Gasteiger partial charge >= 0.3 is 0 Å². The number of amides is 3. The van der Waals surface area contributed by atoms with Gasteiger partial charge in [0.15, 0.2) is 0 Å². The molecule has 0 bridgehead atoms. The number of nitrogens with one attached hydrogen (secondary N) is 1.